The van der Waals surface area contributed by atoms with E-state index >= 15 is 0 Å². The summed E-state index contributed by atoms with van der Waals surface area (Å²) in [5.74, 6) is -1.09. The van der Waals surface area contributed by atoms with Gasteiger partial charge in [-0.1, -0.05) is 11.6 Å². The lowest BCUT2D eigenvalue weighted by Gasteiger charge is -2.14. The number of benzene rings is 1. The summed E-state index contributed by atoms with van der Waals surface area (Å²) in [6.45, 7) is 3.84. The molecule has 0 fully saturated rings. The molecule has 94 valence electrons. The van der Waals surface area contributed by atoms with Crippen LogP contribution in [0, 0.1) is 6.92 Å². The number of aromatic carboxylic acids is 1. The largest absolute Gasteiger partial charge is 0.477 e. The van der Waals surface area contributed by atoms with E-state index in [1.807, 2.05) is 6.92 Å². The van der Waals surface area contributed by atoms with Crippen molar-refractivity contribution in [3.8, 4) is 0 Å². The van der Waals surface area contributed by atoms with Crippen molar-refractivity contribution in [2.45, 2.75) is 20.4 Å². The topological polar surface area (TPSA) is 59.3 Å². The van der Waals surface area contributed by atoms with E-state index in [2.05, 4.69) is 0 Å². The number of aromatic nitrogens is 1. The van der Waals surface area contributed by atoms with Gasteiger partial charge in [-0.05, 0) is 32.0 Å². The molecule has 0 atom stereocenters. The molecule has 0 spiro atoms. The minimum Gasteiger partial charge on any atom is -0.477 e. The van der Waals surface area contributed by atoms with Gasteiger partial charge in [0.15, 0.2) is 5.43 Å². The van der Waals surface area contributed by atoms with E-state index in [4.69, 9.17) is 11.6 Å². The fraction of sp³-hybridized carbons (Fsp3) is 0.231. The van der Waals surface area contributed by atoms with Crippen molar-refractivity contribution in [1.29, 1.82) is 0 Å². The summed E-state index contributed by atoms with van der Waals surface area (Å²) in [4.78, 5) is 23.4. The molecule has 2 aromatic rings. The summed E-state index contributed by atoms with van der Waals surface area (Å²) < 4.78 is 1.62. The van der Waals surface area contributed by atoms with Crippen LogP contribution in [0.5, 0.6) is 0 Å². The van der Waals surface area contributed by atoms with Crippen LogP contribution in [0.25, 0.3) is 10.9 Å². The van der Waals surface area contributed by atoms with E-state index in [0.717, 1.165) is 0 Å². The fourth-order valence-electron chi connectivity index (χ4n) is 2.16. The smallest absolute Gasteiger partial charge is 0.352 e. The van der Waals surface area contributed by atoms with E-state index in [1.165, 1.54) is 6.92 Å². The Morgan fingerprint density at radius 2 is 2.11 bits per heavy atom. The van der Waals surface area contributed by atoms with Gasteiger partial charge in [0.1, 0.15) is 5.69 Å². The fourth-order valence-corrected chi connectivity index (χ4v) is 2.33. The van der Waals surface area contributed by atoms with Gasteiger partial charge in [-0.3, -0.25) is 4.79 Å². The van der Waals surface area contributed by atoms with Crippen LogP contribution in [0.15, 0.2) is 23.0 Å². The normalized spacial score (nSPS) is 10.8. The first-order chi connectivity index (χ1) is 8.47. The molecule has 2 rings (SSSR count). The van der Waals surface area contributed by atoms with Gasteiger partial charge < -0.3 is 9.67 Å². The van der Waals surface area contributed by atoms with Crippen LogP contribution in [-0.2, 0) is 6.54 Å². The lowest BCUT2D eigenvalue weighted by atomic mass is 10.1. The molecular weight excluding hydrogens is 254 g/mol. The zero-order valence-electron chi connectivity index (χ0n) is 10.0. The van der Waals surface area contributed by atoms with E-state index in [0.29, 0.717) is 22.5 Å². The molecule has 18 heavy (non-hydrogen) atoms. The average Bonchev–Trinajstić information content (AvgIpc) is 2.33. The molecule has 5 heteroatoms. The Hall–Kier alpha value is -1.81. The SMILES string of the molecule is CCn1c(C(=O)O)c(C)c(=O)c2cc(Cl)ccc21. The number of carboxylic acids is 1. The zero-order chi connectivity index (χ0) is 13.4. The van der Waals surface area contributed by atoms with Gasteiger partial charge in [-0.2, -0.15) is 0 Å². The molecule has 0 radical (unpaired) electrons. The van der Waals surface area contributed by atoms with Crippen LogP contribution in [0.4, 0.5) is 0 Å². The molecule has 4 nitrogen and oxygen atoms in total. The molecule has 0 saturated heterocycles. The van der Waals surface area contributed by atoms with E-state index < -0.39 is 5.97 Å². The second kappa shape index (κ2) is 4.46. The molecule has 0 saturated carbocycles. The Kier molecular flexibility index (Phi) is 3.13. The number of nitrogens with zero attached hydrogens (tertiary/aromatic N) is 1. The van der Waals surface area contributed by atoms with Crippen LogP contribution in [-0.4, -0.2) is 15.6 Å². The number of halogens is 1. The van der Waals surface area contributed by atoms with Gasteiger partial charge in [0.05, 0.1) is 5.52 Å². The molecule has 0 amide bonds. The van der Waals surface area contributed by atoms with Crippen molar-refractivity contribution >= 4 is 28.5 Å². The van der Waals surface area contributed by atoms with Gasteiger partial charge in [0.25, 0.3) is 0 Å². The highest BCUT2D eigenvalue weighted by molar-refractivity contribution is 6.31. The number of fused-ring (bicyclic) bond motifs is 1. The average molecular weight is 266 g/mol. The van der Waals surface area contributed by atoms with Gasteiger partial charge in [-0.25, -0.2) is 4.79 Å². The molecule has 1 N–H and O–H groups in total. The molecule has 1 aromatic heterocycles. The minimum atomic E-state index is -1.09. The maximum Gasteiger partial charge on any atom is 0.352 e. The number of pyridine rings is 1. The summed E-state index contributed by atoms with van der Waals surface area (Å²) >= 11 is 5.88. The Morgan fingerprint density at radius 3 is 2.67 bits per heavy atom. The number of aryl methyl sites for hydroxylation is 1. The maximum atomic E-state index is 12.1. The van der Waals surface area contributed by atoms with Crippen molar-refractivity contribution in [2.75, 3.05) is 0 Å². The Morgan fingerprint density at radius 1 is 1.44 bits per heavy atom. The van der Waals surface area contributed by atoms with Crippen LogP contribution >= 0.6 is 11.6 Å². The second-order valence-corrected chi connectivity index (χ2v) is 4.45. The maximum absolute atomic E-state index is 12.1. The molecule has 1 aromatic carbocycles. The van der Waals surface area contributed by atoms with Crippen LogP contribution < -0.4 is 5.43 Å². The van der Waals surface area contributed by atoms with Gasteiger partial charge >= 0.3 is 5.97 Å². The standard InChI is InChI=1S/C13H12ClNO3/c1-3-15-10-5-4-8(14)6-9(10)12(16)7(2)11(15)13(17)18/h4-6H,3H2,1-2H3,(H,17,18). The number of carboxylic acid groups (broad SMARTS) is 1. The number of hydrogen-bond acceptors (Lipinski definition) is 2. The molecule has 0 aliphatic carbocycles. The first-order valence-corrected chi connectivity index (χ1v) is 5.91. The number of rotatable bonds is 2. The summed E-state index contributed by atoms with van der Waals surface area (Å²) in [6.07, 6.45) is 0. The van der Waals surface area contributed by atoms with E-state index in [9.17, 15) is 14.7 Å². The third-order valence-corrected chi connectivity index (χ3v) is 3.21. The summed E-state index contributed by atoms with van der Waals surface area (Å²) in [5.41, 5.74) is 0.584. The highest BCUT2D eigenvalue weighted by Crippen LogP contribution is 2.20. The Labute approximate surface area is 108 Å². The molecule has 0 unspecified atom stereocenters. The summed E-state index contributed by atoms with van der Waals surface area (Å²) in [5, 5.41) is 10.1. The first kappa shape index (κ1) is 12.6. The summed E-state index contributed by atoms with van der Waals surface area (Å²) in [6, 6.07) is 4.90. The van der Waals surface area contributed by atoms with Crippen LogP contribution in [0.1, 0.15) is 23.0 Å². The molecule has 1 heterocycles. The first-order valence-electron chi connectivity index (χ1n) is 5.53. The van der Waals surface area contributed by atoms with Crippen molar-refractivity contribution in [3.63, 3.8) is 0 Å². The van der Waals surface area contributed by atoms with E-state index in [-0.39, 0.29) is 16.7 Å². The minimum absolute atomic E-state index is 0.0392. The molecule has 0 bridgehead atoms. The highest BCUT2D eigenvalue weighted by Gasteiger charge is 2.18. The van der Waals surface area contributed by atoms with Crippen molar-refractivity contribution in [2.24, 2.45) is 0 Å². The van der Waals surface area contributed by atoms with Gasteiger partial charge in [-0.15, -0.1) is 0 Å². The lowest BCUT2D eigenvalue weighted by Crippen LogP contribution is -2.21. The monoisotopic (exact) mass is 265 g/mol. The van der Waals surface area contributed by atoms with E-state index in [1.54, 1.807) is 22.8 Å². The Balaban J connectivity index is 3.06. The predicted molar refractivity (Wildman–Crippen MR) is 70.6 cm³/mol. The third-order valence-electron chi connectivity index (χ3n) is 2.98. The molecule has 0 aliphatic rings. The van der Waals surface area contributed by atoms with Gasteiger partial charge in [0, 0.05) is 22.5 Å². The van der Waals surface area contributed by atoms with Gasteiger partial charge in [0.2, 0.25) is 0 Å². The van der Waals surface area contributed by atoms with Crippen LogP contribution in [0.3, 0.4) is 0 Å². The second-order valence-electron chi connectivity index (χ2n) is 4.01. The van der Waals surface area contributed by atoms with Crippen molar-refractivity contribution < 1.29 is 9.90 Å². The Bertz CT molecular complexity index is 703. The third kappa shape index (κ3) is 1.78. The van der Waals surface area contributed by atoms with Crippen LogP contribution in [0.2, 0.25) is 5.02 Å². The van der Waals surface area contributed by atoms with Crippen molar-refractivity contribution in [1.82, 2.24) is 4.57 Å². The van der Waals surface area contributed by atoms with Crippen molar-refractivity contribution in [3.05, 3.63) is 44.7 Å². The zero-order valence-corrected chi connectivity index (χ0v) is 10.8. The number of hydrogen-bond donors (Lipinski definition) is 1. The lowest BCUT2D eigenvalue weighted by molar-refractivity contribution is 0.0684. The molecular formula is C13H12ClNO3. The summed E-state index contributed by atoms with van der Waals surface area (Å²) in [7, 11) is 0. The highest BCUT2D eigenvalue weighted by atomic mass is 35.5. The predicted octanol–water partition coefficient (Wildman–Crippen LogP) is 2.68. The number of carbonyl (C=O) groups is 1. The molecule has 0 aliphatic heterocycles. The quantitative estimate of drug-likeness (QED) is 0.908.